The van der Waals surface area contributed by atoms with Crippen molar-refractivity contribution < 1.29 is 5.11 Å². The van der Waals surface area contributed by atoms with Crippen LogP contribution in [0.1, 0.15) is 11.3 Å². The van der Waals surface area contributed by atoms with Gasteiger partial charge < -0.3 is 5.11 Å². The number of nitrogens with zero attached hydrogens (tertiary/aromatic N) is 1. The van der Waals surface area contributed by atoms with Crippen LogP contribution in [0, 0.1) is 0 Å². The van der Waals surface area contributed by atoms with Crippen molar-refractivity contribution in [1.29, 1.82) is 0 Å². The number of fused-ring (bicyclic) bond motifs is 1. The van der Waals surface area contributed by atoms with E-state index in [4.69, 9.17) is 0 Å². The lowest BCUT2D eigenvalue weighted by Gasteiger charge is -2.04. The van der Waals surface area contributed by atoms with Gasteiger partial charge in [0, 0.05) is 11.1 Å². The summed E-state index contributed by atoms with van der Waals surface area (Å²) in [5.74, 6) is 0.313. The van der Waals surface area contributed by atoms with Crippen LogP contribution in [0.2, 0.25) is 0 Å². The SMILES string of the molecule is Cl.Oc1ccc(CCc2ccc3ccccc3n2)cc1. The molecule has 3 aromatic rings. The zero-order valence-corrected chi connectivity index (χ0v) is 11.8. The number of pyridine rings is 1. The Morgan fingerprint density at radius 1 is 0.800 bits per heavy atom. The first-order valence-corrected chi connectivity index (χ1v) is 6.44. The molecule has 0 spiro atoms. The van der Waals surface area contributed by atoms with E-state index in [1.165, 1.54) is 10.9 Å². The highest BCUT2D eigenvalue weighted by atomic mass is 35.5. The number of halogens is 1. The molecule has 1 N–H and O–H groups in total. The number of aryl methyl sites for hydroxylation is 2. The third kappa shape index (κ3) is 3.28. The smallest absolute Gasteiger partial charge is 0.115 e. The molecule has 3 heteroatoms. The van der Waals surface area contributed by atoms with Crippen LogP contribution in [0.3, 0.4) is 0 Å². The van der Waals surface area contributed by atoms with Gasteiger partial charge in [-0.15, -0.1) is 12.4 Å². The summed E-state index contributed by atoms with van der Waals surface area (Å²) in [6.07, 6.45) is 1.85. The molecule has 1 aromatic heterocycles. The normalized spacial score (nSPS) is 10.2. The zero-order chi connectivity index (χ0) is 13.1. The second-order valence-corrected chi connectivity index (χ2v) is 4.66. The van der Waals surface area contributed by atoms with Crippen LogP contribution in [0.4, 0.5) is 0 Å². The largest absolute Gasteiger partial charge is 0.508 e. The summed E-state index contributed by atoms with van der Waals surface area (Å²) in [4.78, 5) is 4.66. The average molecular weight is 286 g/mol. The molecular formula is C17H16ClNO. The highest BCUT2D eigenvalue weighted by molar-refractivity contribution is 5.85. The minimum atomic E-state index is 0. The summed E-state index contributed by atoms with van der Waals surface area (Å²) in [5, 5.41) is 10.4. The molecule has 0 amide bonds. The van der Waals surface area contributed by atoms with Crippen LogP contribution in [0.5, 0.6) is 5.75 Å². The van der Waals surface area contributed by atoms with Crippen molar-refractivity contribution in [3.05, 3.63) is 71.9 Å². The molecule has 0 aliphatic rings. The van der Waals surface area contributed by atoms with Crippen LogP contribution in [0.15, 0.2) is 60.7 Å². The Hall–Kier alpha value is -2.06. The van der Waals surface area contributed by atoms with Crippen molar-refractivity contribution in [2.45, 2.75) is 12.8 Å². The van der Waals surface area contributed by atoms with Crippen LogP contribution in [0.25, 0.3) is 10.9 Å². The lowest BCUT2D eigenvalue weighted by atomic mass is 10.1. The first-order valence-electron chi connectivity index (χ1n) is 6.44. The number of phenolic OH excluding ortho intramolecular Hbond substituents is 1. The second-order valence-electron chi connectivity index (χ2n) is 4.66. The van der Waals surface area contributed by atoms with E-state index < -0.39 is 0 Å². The molecule has 0 atom stereocenters. The molecule has 3 rings (SSSR count). The van der Waals surface area contributed by atoms with Crippen molar-refractivity contribution in [3.63, 3.8) is 0 Å². The molecule has 0 radical (unpaired) electrons. The molecule has 2 nitrogen and oxygen atoms in total. The number of aromatic hydroxyl groups is 1. The Labute approximate surface area is 124 Å². The quantitative estimate of drug-likeness (QED) is 0.784. The second kappa shape index (κ2) is 6.40. The minimum absolute atomic E-state index is 0. The van der Waals surface area contributed by atoms with Gasteiger partial charge in [-0.05, 0) is 42.7 Å². The molecule has 0 unspecified atom stereocenters. The minimum Gasteiger partial charge on any atom is -0.508 e. The van der Waals surface area contributed by atoms with E-state index in [0.29, 0.717) is 5.75 Å². The fraction of sp³-hybridized carbons (Fsp3) is 0.118. The average Bonchev–Trinajstić information content (AvgIpc) is 2.46. The number of rotatable bonds is 3. The Morgan fingerprint density at radius 2 is 1.55 bits per heavy atom. The highest BCUT2D eigenvalue weighted by Crippen LogP contribution is 2.15. The van der Waals surface area contributed by atoms with Crippen molar-refractivity contribution in [2.24, 2.45) is 0 Å². The Balaban J connectivity index is 0.00000147. The standard InChI is InChI=1S/C17H15NO.ClH/c19-16-11-6-13(7-12-16)5-9-15-10-8-14-3-1-2-4-17(14)18-15;/h1-4,6-8,10-12,19H,5,9H2;1H. The van der Waals surface area contributed by atoms with Crippen molar-refractivity contribution in [2.75, 3.05) is 0 Å². The van der Waals surface area contributed by atoms with E-state index in [1.54, 1.807) is 12.1 Å². The summed E-state index contributed by atoms with van der Waals surface area (Å²) < 4.78 is 0. The molecule has 0 aliphatic carbocycles. The van der Waals surface area contributed by atoms with Gasteiger partial charge in [-0.2, -0.15) is 0 Å². The Kier molecular flexibility index (Phi) is 4.59. The molecule has 2 aromatic carbocycles. The number of para-hydroxylation sites is 1. The predicted octanol–water partition coefficient (Wildman–Crippen LogP) is 4.15. The number of aromatic nitrogens is 1. The maximum Gasteiger partial charge on any atom is 0.115 e. The van der Waals surface area contributed by atoms with Crippen LogP contribution in [-0.4, -0.2) is 10.1 Å². The first-order chi connectivity index (χ1) is 9.31. The van der Waals surface area contributed by atoms with E-state index in [-0.39, 0.29) is 12.4 Å². The number of hydrogen-bond acceptors (Lipinski definition) is 2. The summed E-state index contributed by atoms with van der Waals surface area (Å²) in [6, 6.07) is 19.7. The molecule has 20 heavy (non-hydrogen) atoms. The van der Waals surface area contributed by atoms with E-state index in [1.807, 2.05) is 30.3 Å². The molecule has 1 heterocycles. The fourth-order valence-electron chi connectivity index (χ4n) is 2.18. The van der Waals surface area contributed by atoms with E-state index in [0.717, 1.165) is 24.1 Å². The lowest BCUT2D eigenvalue weighted by Crippen LogP contribution is -1.94. The first kappa shape index (κ1) is 14.4. The van der Waals surface area contributed by atoms with Gasteiger partial charge in [0.2, 0.25) is 0 Å². The van der Waals surface area contributed by atoms with Gasteiger partial charge in [-0.3, -0.25) is 4.98 Å². The highest BCUT2D eigenvalue weighted by Gasteiger charge is 1.99. The van der Waals surface area contributed by atoms with Crippen molar-refractivity contribution in [3.8, 4) is 5.75 Å². The predicted molar refractivity (Wildman–Crippen MR) is 84.5 cm³/mol. The Morgan fingerprint density at radius 3 is 2.35 bits per heavy atom. The van der Waals surface area contributed by atoms with Crippen LogP contribution >= 0.6 is 12.4 Å². The van der Waals surface area contributed by atoms with Crippen LogP contribution < -0.4 is 0 Å². The zero-order valence-electron chi connectivity index (χ0n) is 11.0. The number of benzene rings is 2. The number of hydrogen-bond donors (Lipinski definition) is 1. The molecule has 102 valence electrons. The van der Waals surface area contributed by atoms with Crippen molar-refractivity contribution >= 4 is 23.3 Å². The van der Waals surface area contributed by atoms with Gasteiger partial charge in [0.15, 0.2) is 0 Å². The van der Waals surface area contributed by atoms with Gasteiger partial charge in [0.05, 0.1) is 5.52 Å². The monoisotopic (exact) mass is 285 g/mol. The molecule has 0 bridgehead atoms. The molecule has 0 fully saturated rings. The van der Waals surface area contributed by atoms with Gasteiger partial charge in [0.25, 0.3) is 0 Å². The summed E-state index contributed by atoms with van der Waals surface area (Å²) >= 11 is 0. The number of phenols is 1. The summed E-state index contributed by atoms with van der Waals surface area (Å²) in [7, 11) is 0. The molecule has 0 aliphatic heterocycles. The lowest BCUT2D eigenvalue weighted by molar-refractivity contribution is 0.475. The summed E-state index contributed by atoms with van der Waals surface area (Å²) in [5.41, 5.74) is 3.37. The van der Waals surface area contributed by atoms with Gasteiger partial charge in [0.1, 0.15) is 5.75 Å². The summed E-state index contributed by atoms with van der Waals surface area (Å²) in [6.45, 7) is 0. The third-order valence-corrected chi connectivity index (χ3v) is 3.26. The van der Waals surface area contributed by atoms with E-state index in [9.17, 15) is 5.11 Å². The molecule has 0 saturated heterocycles. The van der Waals surface area contributed by atoms with E-state index >= 15 is 0 Å². The van der Waals surface area contributed by atoms with Crippen LogP contribution in [-0.2, 0) is 12.8 Å². The topological polar surface area (TPSA) is 33.1 Å². The molecule has 0 saturated carbocycles. The van der Waals surface area contributed by atoms with Gasteiger partial charge in [-0.1, -0.05) is 36.4 Å². The maximum absolute atomic E-state index is 9.25. The fourth-order valence-corrected chi connectivity index (χ4v) is 2.18. The van der Waals surface area contributed by atoms with E-state index in [2.05, 4.69) is 23.2 Å². The molecular weight excluding hydrogens is 270 g/mol. The maximum atomic E-state index is 9.25. The van der Waals surface area contributed by atoms with Gasteiger partial charge >= 0.3 is 0 Å². The Bertz CT molecular complexity index is 695. The third-order valence-electron chi connectivity index (χ3n) is 3.26. The van der Waals surface area contributed by atoms with Gasteiger partial charge in [-0.25, -0.2) is 0 Å². The van der Waals surface area contributed by atoms with Crippen molar-refractivity contribution in [1.82, 2.24) is 4.98 Å².